The molecule has 15 heavy (non-hydrogen) atoms. The van der Waals surface area contributed by atoms with E-state index in [0.717, 1.165) is 0 Å². The van der Waals surface area contributed by atoms with Gasteiger partial charge in [-0.05, 0) is 17.7 Å². The molecule has 0 fully saturated rings. The van der Waals surface area contributed by atoms with Crippen molar-refractivity contribution in [3.05, 3.63) is 34.9 Å². The van der Waals surface area contributed by atoms with Gasteiger partial charge in [-0.3, -0.25) is 4.55 Å². The third-order valence-corrected chi connectivity index (χ3v) is 2.83. The van der Waals surface area contributed by atoms with E-state index in [1.165, 1.54) is 7.11 Å². The van der Waals surface area contributed by atoms with Gasteiger partial charge in [-0.25, -0.2) is 0 Å². The van der Waals surface area contributed by atoms with Crippen LogP contribution in [-0.4, -0.2) is 25.8 Å². The zero-order chi connectivity index (χ0) is 11.5. The molecule has 1 rings (SSSR count). The fraction of sp³-hybridized carbons (Fsp3) is 0.333. The third-order valence-electron chi connectivity index (χ3n) is 1.87. The Morgan fingerprint density at radius 2 is 2.20 bits per heavy atom. The van der Waals surface area contributed by atoms with Crippen molar-refractivity contribution in [1.82, 2.24) is 0 Å². The van der Waals surface area contributed by atoms with E-state index in [0.29, 0.717) is 10.6 Å². The van der Waals surface area contributed by atoms with E-state index in [-0.39, 0.29) is 0 Å². The number of hydrogen-bond donors (Lipinski definition) is 1. The van der Waals surface area contributed by atoms with Gasteiger partial charge >= 0.3 is 0 Å². The first-order valence-corrected chi connectivity index (χ1v) is 6.14. The van der Waals surface area contributed by atoms with Crippen LogP contribution in [-0.2, 0) is 14.9 Å². The van der Waals surface area contributed by atoms with Gasteiger partial charge in [0.2, 0.25) is 0 Å². The lowest BCUT2D eigenvalue weighted by Crippen LogP contribution is -2.15. The van der Waals surface area contributed by atoms with Gasteiger partial charge in [-0.1, -0.05) is 23.7 Å². The zero-order valence-corrected chi connectivity index (χ0v) is 9.62. The molecule has 0 aliphatic rings. The predicted octanol–water partition coefficient (Wildman–Crippen LogP) is 1.92. The standard InChI is InChI=1S/C9H11ClO4S/c1-14-9(6-15(11,12)13)7-3-2-4-8(10)5-7/h2-5,9H,6H2,1H3,(H,11,12,13). The molecule has 0 radical (unpaired) electrons. The van der Waals surface area contributed by atoms with Gasteiger partial charge in [0.25, 0.3) is 10.1 Å². The van der Waals surface area contributed by atoms with E-state index in [9.17, 15) is 8.42 Å². The van der Waals surface area contributed by atoms with Crippen LogP contribution in [0, 0.1) is 0 Å². The first-order chi connectivity index (χ1) is 6.92. The van der Waals surface area contributed by atoms with Crippen molar-refractivity contribution >= 4 is 21.7 Å². The highest BCUT2D eigenvalue weighted by Gasteiger charge is 2.18. The van der Waals surface area contributed by atoms with Crippen molar-refractivity contribution in [3.63, 3.8) is 0 Å². The maximum absolute atomic E-state index is 10.7. The maximum Gasteiger partial charge on any atom is 0.267 e. The van der Waals surface area contributed by atoms with E-state index in [1.807, 2.05) is 0 Å². The first-order valence-electron chi connectivity index (χ1n) is 4.16. The molecule has 4 nitrogen and oxygen atoms in total. The Balaban J connectivity index is 2.93. The van der Waals surface area contributed by atoms with Crippen LogP contribution in [0.25, 0.3) is 0 Å². The summed E-state index contributed by atoms with van der Waals surface area (Å²) in [6.07, 6.45) is -0.710. The minimum Gasteiger partial charge on any atom is -0.376 e. The lowest BCUT2D eigenvalue weighted by Gasteiger charge is -2.13. The van der Waals surface area contributed by atoms with Gasteiger partial charge in [0.15, 0.2) is 0 Å². The molecule has 1 unspecified atom stereocenters. The first kappa shape index (κ1) is 12.4. The lowest BCUT2D eigenvalue weighted by atomic mass is 10.1. The fourth-order valence-electron chi connectivity index (χ4n) is 1.20. The molecule has 1 atom stereocenters. The van der Waals surface area contributed by atoms with Crippen LogP contribution in [0.1, 0.15) is 11.7 Å². The third kappa shape index (κ3) is 4.17. The number of rotatable bonds is 4. The Morgan fingerprint density at radius 3 is 2.67 bits per heavy atom. The zero-order valence-electron chi connectivity index (χ0n) is 8.05. The van der Waals surface area contributed by atoms with Crippen molar-refractivity contribution in [2.24, 2.45) is 0 Å². The molecular weight excluding hydrogens is 240 g/mol. The highest BCUT2D eigenvalue weighted by atomic mass is 35.5. The van der Waals surface area contributed by atoms with E-state index in [1.54, 1.807) is 24.3 Å². The molecule has 1 aromatic rings. The van der Waals surface area contributed by atoms with Gasteiger partial charge in [0, 0.05) is 12.1 Å². The molecule has 0 aliphatic heterocycles. The normalized spacial score (nSPS) is 13.8. The number of ether oxygens (including phenoxy) is 1. The van der Waals surface area contributed by atoms with Gasteiger partial charge in [0.05, 0.1) is 6.10 Å². The SMILES string of the molecule is COC(CS(=O)(=O)O)c1cccc(Cl)c1. The van der Waals surface area contributed by atoms with Crippen LogP contribution in [0.4, 0.5) is 0 Å². The summed E-state index contributed by atoms with van der Waals surface area (Å²) in [5.41, 5.74) is 0.614. The smallest absolute Gasteiger partial charge is 0.267 e. The van der Waals surface area contributed by atoms with Gasteiger partial charge in [-0.2, -0.15) is 8.42 Å². The van der Waals surface area contributed by atoms with E-state index < -0.39 is 22.0 Å². The summed E-state index contributed by atoms with van der Waals surface area (Å²) in [6.45, 7) is 0. The Kier molecular flexibility index (Phi) is 4.10. The summed E-state index contributed by atoms with van der Waals surface area (Å²) < 4.78 is 35.1. The monoisotopic (exact) mass is 250 g/mol. The van der Waals surface area contributed by atoms with Gasteiger partial charge < -0.3 is 4.74 Å². The molecule has 1 aromatic carbocycles. The molecule has 0 saturated carbocycles. The largest absolute Gasteiger partial charge is 0.376 e. The van der Waals surface area contributed by atoms with Crippen molar-refractivity contribution in [1.29, 1.82) is 0 Å². The predicted molar refractivity (Wildman–Crippen MR) is 57.6 cm³/mol. The second-order valence-corrected chi connectivity index (χ2v) is 4.96. The fourth-order valence-corrected chi connectivity index (χ4v) is 2.11. The molecule has 0 heterocycles. The molecule has 0 spiro atoms. The van der Waals surface area contributed by atoms with Crippen LogP contribution >= 0.6 is 11.6 Å². The second kappa shape index (κ2) is 4.94. The van der Waals surface area contributed by atoms with Crippen LogP contribution in [0.3, 0.4) is 0 Å². The van der Waals surface area contributed by atoms with Crippen molar-refractivity contribution in [3.8, 4) is 0 Å². The summed E-state index contributed by atoms with van der Waals surface area (Å²) in [4.78, 5) is 0. The summed E-state index contributed by atoms with van der Waals surface area (Å²) >= 11 is 5.75. The molecule has 84 valence electrons. The molecule has 0 aromatic heterocycles. The van der Waals surface area contributed by atoms with Gasteiger partial charge in [-0.15, -0.1) is 0 Å². The van der Waals surface area contributed by atoms with Crippen molar-refractivity contribution in [2.45, 2.75) is 6.10 Å². The number of halogens is 1. The van der Waals surface area contributed by atoms with Crippen LogP contribution in [0.15, 0.2) is 24.3 Å². The second-order valence-electron chi connectivity index (χ2n) is 3.03. The summed E-state index contributed by atoms with van der Waals surface area (Å²) in [6, 6.07) is 6.64. The van der Waals surface area contributed by atoms with Crippen LogP contribution < -0.4 is 0 Å². The Hall–Kier alpha value is -0.620. The molecule has 6 heteroatoms. The van der Waals surface area contributed by atoms with E-state index >= 15 is 0 Å². The topological polar surface area (TPSA) is 63.6 Å². The molecule has 1 N–H and O–H groups in total. The Bertz CT molecular complexity index is 429. The highest BCUT2D eigenvalue weighted by molar-refractivity contribution is 7.85. The number of methoxy groups -OCH3 is 1. The molecule has 0 saturated heterocycles. The number of benzene rings is 1. The average molecular weight is 251 g/mol. The molecule has 0 amide bonds. The van der Waals surface area contributed by atoms with Gasteiger partial charge in [0.1, 0.15) is 5.75 Å². The molecular formula is C9H11ClO4S. The number of hydrogen-bond acceptors (Lipinski definition) is 3. The summed E-state index contributed by atoms with van der Waals surface area (Å²) in [5, 5.41) is 0.491. The van der Waals surface area contributed by atoms with Crippen LogP contribution in [0.2, 0.25) is 5.02 Å². The van der Waals surface area contributed by atoms with E-state index in [4.69, 9.17) is 20.9 Å². The molecule has 0 aliphatic carbocycles. The van der Waals surface area contributed by atoms with E-state index in [2.05, 4.69) is 0 Å². The van der Waals surface area contributed by atoms with Crippen molar-refractivity contribution in [2.75, 3.05) is 12.9 Å². The lowest BCUT2D eigenvalue weighted by molar-refractivity contribution is 0.120. The maximum atomic E-state index is 10.7. The summed E-state index contributed by atoms with van der Waals surface area (Å²) in [5.74, 6) is -0.482. The molecule has 0 bridgehead atoms. The quantitative estimate of drug-likeness (QED) is 0.830. The van der Waals surface area contributed by atoms with Crippen molar-refractivity contribution < 1.29 is 17.7 Å². The van der Waals surface area contributed by atoms with Crippen LogP contribution in [0.5, 0.6) is 0 Å². The summed E-state index contributed by atoms with van der Waals surface area (Å²) in [7, 11) is -2.69. The minimum atomic E-state index is -4.06. The highest BCUT2D eigenvalue weighted by Crippen LogP contribution is 2.21. The Morgan fingerprint density at radius 1 is 1.53 bits per heavy atom. The minimum absolute atomic E-state index is 0.482. The average Bonchev–Trinajstić information content (AvgIpc) is 2.13. The Labute approximate surface area is 93.6 Å².